The topological polar surface area (TPSA) is 16.4 Å². The molecule has 0 unspecified atom stereocenters. The van der Waals surface area contributed by atoms with Crippen molar-refractivity contribution in [2.24, 2.45) is 0 Å². The Morgan fingerprint density at radius 2 is 0.845 bits per heavy atom. The van der Waals surface area contributed by atoms with E-state index in [9.17, 15) is 11.0 Å². The van der Waals surface area contributed by atoms with Crippen LogP contribution in [0.4, 0.5) is 17.1 Å². The van der Waals surface area contributed by atoms with Crippen LogP contribution in [0.2, 0.25) is 0 Å². The lowest BCUT2D eigenvalue weighted by atomic mass is 9.94. The predicted molar refractivity (Wildman–Crippen MR) is 245 cm³/mol. The van der Waals surface area contributed by atoms with Gasteiger partial charge < -0.3 is 9.32 Å². The Morgan fingerprint density at radius 3 is 1.62 bits per heavy atom. The monoisotopic (exact) mass is 747 g/mol. The zero-order valence-corrected chi connectivity index (χ0v) is 31.1. The van der Waals surface area contributed by atoms with E-state index in [0.717, 1.165) is 54.6 Å². The van der Waals surface area contributed by atoms with Gasteiger partial charge in [0, 0.05) is 33.1 Å². The molecule has 0 fully saturated rings. The minimum atomic E-state index is -0.412. The van der Waals surface area contributed by atoms with E-state index in [0.29, 0.717) is 28.0 Å². The first kappa shape index (κ1) is 26.2. The number of benzene rings is 10. The van der Waals surface area contributed by atoms with Crippen molar-refractivity contribution in [3.05, 3.63) is 224 Å². The summed E-state index contributed by atoms with van der Waals surface area (Å²) in [5.41, 5.74) is 5.83. The smallest absolute Gasteiger partial charge is 0.143 e. The summed E-state index contributed by atoms with van der Waals surface area (Å²) in [5, 5.41) is 5.80. The van der Waals surface area contributed by atoms with Crippen LogP contribution in [-0.4, -0.2) is 0 Å². The van der Waals surface area contributed by atoms with Crippen LogP contribution in [-0.2, 0) is 0 Å². The number of fused-ring (bicyclic) bond motifs is 6. The normalized spacial score (nSPS) is 13.4. The van der Waals surface area contributed by atoms with Gasteiger partial charge in [-0.15, -0.1) is 0 Å². The Balaban J connectivity index is 1.14. The van der Waals surface area contributed by atoms with E-state index < -0.39 is 24.2 Å². The van der Waals surface area contributed by atoms with E-state index in [-0.39, 0.29) is 46.7 Å². The van der Waals surface area contributed by atoms with E-state index in [1.54, 1.807) is 48.5 Å². The van der Waals surface area contributed by atoms with Crippen LogP contribution in [0.25, 0.3) is 88.0 Å². The van der Waals surface area contributed by atoms with Crippen molar-refractivity contribution in [1.29, 1.82) is 0 Å². The van der Waals surface area contributed by atoms with Gasteiger partial charge in [0.15, 0.2) is 0 Å². The third-order valence-electron chi connectivity index (χ3n) is 10.8. The third kappa shape index (κ3) is 5.82. The Morgan fingerprint density at radius 1 is 0.328 bits per heavy atom. The van der Waals surface area contributed by atoms with Crippen molar-refractivity contribution in [1.82, 2.24) is 0 Å². The Labute approximate surface area is 348 Å². The molecule has 1 aromatic heterocycles. The van der Waals surface area contributed by atoms with Gasteiger partial charge in [0.1, 0.15) is 11.2 Å². The average molecular weight is 748 g/mol. The maximum atomic E-state index is 9.73. The van der Waals surface area contributed by atoms with Gasteiger partial charge >= 0.3 is 0 Å². The lowest BCUT2D eigenvalue weighted by Crippen LogP contribution is -2.11. The molecule has 58 heavy (non-hydrogen) atoms. The minimum absolute atomic E-state index is 0.0920. The maximum Gasteiger partial charge on any atom is 0.143 e. The van der Waals surface area contributed by atoms with Gasteiger partial charge in [0.05, 0.1) is 16.7 Å². The summed E-state index contributed by atoms with van der Waals surface area (Å²) in [4.78, 5) is 1.39. The molecule has 0 amide bonds. The fraction of sp³-hybridized carbons (Fsp3) is 0. The average Bonchev–Trinajstić information content (AvgIpc) is 3.74. The van der Waals surface area contributed by atoms with Gasteiger partial charge in [0.2, 0.25) is 0 Å². The first-order chi connectivity index (χ1) is 32.1. The molecule has 0 aliphatic heterocycles. The van der Waals surface area contributed by atoms with Crippen molar-refractivity contribution >= 4 is 60.5 Å². The molecule has 1 heterocycles. The summed E-state index contributed by atoms with van der Waals surface area (Å²) < 4.78 is 82.9. The Kier molecular flexibility index (Phi) is 6.38. The highest BCUT2D eigenvalue weighted by Gasteiger charge is 2.20. The molecule has 11 rings (SSSR count). The summed E-state index contributed by atoms with van der Waals surface area (Å²) >= 11 is 0. The molecular formula is C56H37NO. The van der Waals surface area contributed by atoms with Crippen LogP contribution in [0.1, 0.15) is 11.0 Å². The van der Waals surface area contributed by atoms with E-state index in [1.165, 1.54) is 4.90 Å². The number of furan rings is 1. The van der Waals surface area contributed by atoms with E-state index in [4.69, 9.17) is 4.42 Å². The number of hydrogen-bond donors (Lipinski definition) is 0. The fourth-order valence-corrected chi connectivity index (χ4v) is 8.05. The summed E-state index contributed by atoms with van der Waals surface area (Å²) in [6.45, 7) is 0. The zero-order valence-electron chi connectivity index (χ0n) is 39.1. The molecule has 0 saturated heterocycles. The standard InChI is InChI=1S/C56H37NO/c1-2-12-38(13-3-1)40-28-32-44(33-29-40)57(45-34-30-41(31-35-45)39-24-26-43(27-25-39)47-19-10-15-42-14-4-5-16-46(42)47)54-22-8-6-17-50(54)48-20-11-21-52-49(48)36-37-53-51-18-7-9-23-55(51)58-56(52)53/h1-37H/i28D,29D,30D,31D,32D,33D,34D,35D. The summed E-state index contributed by atoms with van der Waals surface area (Å²) in [7, 11) is 0. The van der Waals surface area contributed by atoms with Crippen molar-refractivity contribution < 1.29 is 15.4 Å². The molecule has 11 aromatic rings. The maximum absolute atomic E-state index is 9.73. The van der Waals surface area contributed by atoms with Crippen LogP contribution < -0.4 is 4.90 Å². The van der Waals surface area contributed by atoms with Crippen LogP contribution in [0.5, 0.6) is 0 Å². The zero-order chi connectivity index (χ0) is 45.4. The molecule has 272 valence electrons. The highest BCUT2D eigenvalue weighted by molar-refractivity contribution is 6.18. The van der Waals surface area contributed by atoms with Crippen LogP contribution in [0, 0.1) is 0 Å². The molecule has 0 aliphatic carbocycles. The molecule has 0 bridgehead atoms. The van der Waals surface area contributed by atoms with Gasteiger partial charge in [0.25, 0.3) is 0 Å². The largest absolute Gasteiger partial charge is 0.455 e. The number of para-hydroxylation sites is 2. The first-order valence-electron chi connectivity index (χ1n) is 23.2. The third-order valence-corrected chi connectivity index (χ3v) is 10.8. The van der Waals surface area contributed by atoms with Gasteiger partial charge in [-0.3, -0.25) is 0 Å². The SMILES string of the molecule is [2H]c1c([2H])c(N(c2ccccc2-c2cccc3c2ccc2c4ccccc4oc32)c2c([2H])c([2H])c(-c3ccc(-c4cccc5ccccc45)cc3)c([2H])c2[2H])c([2H])c([2H])c1-c1ccccc1. The van der Waals surface area contributed by atoms with Gasteiger partial charge in [-0.05, 0) is 97.5 Å². The van der Waals surface area contributed by atoms with Crippen molar-refractivity contribution in [3.63, 3.8) is 0 Å². The molecule has 2 heteroatoms. The molecule has 0 saturated carbocycles. The molecule has 10 aromatic carbocycles. The minimum Gasteiger partial charge on any atom is -0.455 e. The van der Waals surface area contributed by atoms with Gasteiger partial charge in [-0.2, -0.15) is 0 Å². The molecular weight excluding hydrogens is 703 g/mol. The summed E-state index contributed by atoms with van der Waals surface area (Å²) in [5.74, 6) is 0. The first-order valence-corrected chi connectivity index (χ1v) is 19.2. The Bertz CT molecular complexity index is 3690. The second-order valence-electron chi connectivity index (χ2n) is 14.2. The quantitative estimate of drug-likeness (QED) is 0.161. The molecule has 2 nitrogen and oxygen atoms in total. The van der Waals surface area contributed by atoms with Crippen LogP contribution in [0.15, 0.2) is 229 Å². The van der Waals surface area contributed by atoms with E-state index in [2.05, 4.69) is 18.2 Å². The Hall–Kier alpha value is -7.68. The van der Waals surface area contributed by atoms with E-state index in [1.807, 2.05) is 109 Å². The summed E-state index contributed by atoms with van der Waals surface area (Å²) in [6.07, 6.45) is 0. The summed E-state index contributed by atoms with van der Waals surface area (Å²) in [6, 6.07) is 52.6. The van der Waals surface area contributed by atoms with Gasteiger partial charge in [-0.1, -0.05) is 182 Å². The number of rotatable bonds is 7. The lowest BCUT2D eigenvalue weighted by Gasteiger charge is -2.28. The number of anilines is 3. The van der Waals surface area contributed by atoms with Crippen molar-refractivity contribution in [2.75, 3.05) is 4.90 Å². The molecule has 0 N–H and O–H groups in total. The number of hydrogen-bond acceptors (Lipinski definition) is 2. The van der Waals surface area contributed by atoms with Crippen LogP contribution >= 0.6 is 0 Å². The van der Waals surface area contributed by atoms with Gasteiger partial charge in [-0.25, -0.2) is 0 Å². The second-order valence-corrected chi connectivity index (χ2v) is 14.2. The molecule has 0 spiro atoms. The van der Waals surface area contributed by atoms with Crippen LogP contribution in [0.3, 0.4) is 0 Å². The fourth-order valence-electron chi connectivity index (χ4n) is 8.05. The second kappa shape index (κ2) is 14.1. The lowest BCUT2D eigenvalue weighted by molar-refractivity contribution is 0.672. The highest BCUT2D eigenvalue weighted by Crippen LogP contribution is 2.45. The molecule has 0 atom stereocenters. The predicted octanol–water partition coefficient (Wildman–Crippen LogP) is 16.0. The van der Waals surface area contributed by atoms with E-state index >= 15 is 0 Å². The highest BCUT2D eigenvalue weighted by atomic mass is 16.3. The van der Waals surface area contributed by atoms with Crippen molar-refractivity contribution in [2.45, 2.75) is 0 Å². The molecule has 0 radical (unpaired) electrons. The van der Waals surface area contributed by atoms with Crippen molar-refractivity contribution in [3.8, 4) is 44.5 Å². The molecule has 0 aliphatic rings. The number of nitrogens with zero attached hydrogens (tertiary/aromatic N) is 1.